The lowest BCUT2D eigenvalue weighted by Crippen LogP contribution is -2.46. The Kier molecular flexibility index (Phi) is 11.6. The number of ether oxygens (including phenoxy) is 3. The lowest BCUT2D eigenvalue weighted by Gasteiger charge is -2.24. The average Bonchev–Trinajstić information content (AvgIpc) is 3.22. The van der Waals surface area contributed by atoms with Crippen molar-refractivity contribution in [3.63, 3.8) is 0 Å². The zero-order valence-corrected chi connectivity index (χ0v) is 27.5. The predicted molar refractivity (Wildman–Crippen MR) is 170 cm³/mol. The molecule has 0 saturated heterocycles. The van der Waals surface area contributed by atoms with Gasteiger partial charge in [0.25, 0.3) is 0 Å². The minimum absolute atomic E-state index is 0.0741. The number of carbonyl (C=O) groups is 2. The first kappa shape index (κ1) is 34.6. The van der Waals surface area contributed by atoms with E-state index in [1.165, 1.54) is 41.3 Å². The number of amides is 2. The summed E-state index contributed by atoms with van der Waals surface area (Å²) >= 11 is 0. The van der Waals surface area contributed by atoms with E-state index in [9.17, 15) is 22.8 Å². The van der Waals surface area contributed by atoms with Gasteiger partial charge in [-0.25, -0.2) is 12.7 Å². The molecule has 0 bridgehead atoms. The summed E-state index contributed by atoms with van der Waals surface area (Å²) in [6.07, 6.45) is 1.70. The Labute approximate surface area is 259 Å². The molecule has 0 aliphatic heterocycles. The van der Waals surface area contributed by atoms with Crippen LogP contribution in [0.5, 0.6) is 17.2 Å². The molecule has 0 unspecified atom stereocenters. The van der Waals surface area contributed by atoms with E-state index >= 15 is 0 Å². The Bertz CT molecular complexity index is 1540. The van der Waals surface area contributed by atoms with Crippen molar-refractivity contribution in [3.05, 3.63) is 45.6 Å². The van der Waals surface area contributed by atoms with E-state index in [1.54, 1.807) is 19.2 Å². The van der Waals surface area contributed by atoms with Crippen LogP contribution in [-0.4, -0.2) is 78.3 Å². The molecule has 0 fully saturated rings. The van der Waals surface area contributed by atoms with Crippen molar-refractivity contribution in [2.75, 3.05) is 53.0 Å². The highest BCUT2D eigenvalue weighted by molar-refractivity contribution is 7.89. The molecule has 0 heterocycles. The van der Waals surface area contributed by atoms with Crippen LogP contribution in [0.4, 0.5) is 5.69 Å². The molecule has 242 valence electrons. The van der Waals surface area contributed by atoms with Crippen molar-refractivity contribution in [2.45, 2.75) is 52.1 Å². The zero-order chi connectivity index (χ0) is 32.8. The fraction of sp³-hybridized carbons (Fsp3) is 0.516. The van der Waals surface area contributed by atoms with E-state index in [1.807, 2.05) is 19.9 Å². The molecule has 2 aromatic rings. The number of carbonyl (C=O) groups excluding carboxylic acids is 2. The molecular formula is C31H44N4O8S. The van der Waals surface area contributed by atoms with Crippen LogP contribution in [0.15, 0.2) is 29.1 Å². The van der Waals surface area contributed by atoms with E-state index in [-0.39, 0.29) is 35.2 Å². The number of aryl methyl sites for hydroxylation is 1. The van der Waals surface area contributed by atoms with Crippen molar-refractivity contribution in [3.8, 4) is 28.4 Å². The summed E-state index contributed by atoms with van der Waals surface area (Å²) in [5, 5.41) is 8.81. The lowest BCUT2D eigenvalue weighted by molar-refractivity contribution is -0.122. The normalized spacial score (nSPS) is 15.6. The van der Waals surface area contributed by atoms with Crippen LogP contribution < -0.4 is 35.6 Å². The number of methoxy groups -OCH3 is 3. The third-order valence-electron chi connectivity index (χ3n) is 7.94. The van der Waals surface area contributed by atoms with Crippen LogP contribution in [-0.2, 0) is 26.0 Å². The Morgan fingerprint density at radius 2 is 1.75 bits per heavy atom. The third-order valence-corrected chi connectivity index (χ3v) is 9.77. The summed E-state index contributed by atoms with van der Waals surface area (Å²) in [7, 11) is 3.96. The second-order valence-corrected chi connectivity index (χ2v) is 13.3. The van der Waals surface area contributed by atoms with Crippen molar-refractivity contribution in [2.24, 2.45) is 5.92 Å². The Balaban J connectivity index is 2.14. The Morgan fingerprint density at radius 3 is 2.32 bits per heavy atom. The number of hydrogen-bond donors (Lipinski definition) is 3. The van der Waals surface area contributed by atoms with Crippen LogP contribution in [0.3, 0.4) is 0 Å². The molecule has 3 rings (SSSR count). The molecule has 0 radical (unpaired) electrons. The molecule has 3 N–H and O–H groups in total. The number of anilines is 1. The molecule has 44 heavy (non-hydrogen) atoms. The number of nitrogens with one attached hydrogen (secondary N) is 3. The summed E-state index contributed by atoms with van der Waals surface area (Å²) in [6, 6.07) is 5.48. The molecule has 13 heteroatoms. The smallest absolute Gasteiger partial charge is 0.242 e. The molecule has 1 aliphatic carbocycles. The van der Waals surface area contributed by atoms with Crippen LogP contribution in [0, 0.1) is 5.92 Å². The van der Waals surface area contributed by atoms with Crippen molar-refractivity contribution >= 4 is 27.5 Å². The topological polar surface area (TPSA) is 152 Å². The minimum Gasteiger partial charge on any atom is -0.493 e. The summed E-state index contributed by atoms with van der Waals surface area (Å²) < 4.78 is 42.5. The van der Waals surface area contributed by atoms with Gasteiger partial charge in [-0.05, 0) is 53.6 Å². The summed E-state index contributed by atoms with van der Waals surface area (Å²) in [5.74, 6) is 0.234. The number of sulfonamides is 1. The van der Waals surface area contributed by atoms with Crippen LogP contribution in [0.1, 0.15) is 50.8 Å². The maximum atomic E-state index is 13.7. The van der Waals surface area contributed by atoms with E-state index in [2.05, 4.69) is 16.0 Å². The maximum Gasteiger partial charge on any atom is 0.242 e. The highest BCUT2D eigenvalue weighted by Crippen LogP contribution is 2.50. The molecule has 2 aromatic carbocycles. The monoisotopic (exact) mass is 632 g/mol. The number of hydrogen-bond acceptors (Lipinski definition) is 9. The van der Waals surface area contributed by atoms with Gasteiger partial charge in [0.15, 0.2) is 11.5 Å². The fourth-order valence-electron chi connectivity index (χ4n) is 5.29. The first-order chi connectivity index (χ1) is 20.8. The van der Waals surface area contributed by atoms with Gasteiger partial charge in [0.05, 0.1) is 38.8 Å². The van der Waals surface area contributed by atoms with Crippen molar-refractivity contribution in [1.29, 1.82) is 0 Å². The quantitative estimate of drug-likeness (QED) is 0.303. The van der Waals surface area contributed by atoms with Crippen molar-refractivity contribution in [1.82, 2.24) is 14.9 Å². The van der Waals surface area contributed by atoms with E-state index in [0.717, 1.165) is 9.87 Å². The van der Waals surface area contributed by atoms with Gasteiger partial charge in [0.2, 0.25) is 33.0 Å². The first-order valence-corrected chi connectivity index (χ1v) is 16.1. The summed E-state index contributed by atoms with van der Waals surface area (Å²) in [5.41, 5.74) is 2.68. The first-order valence-electron chi connectivity index (χ1n) is 14.5. The van der Waals surface area contributed by atoms with Gasteiger partial charge in [-0.15, -0.1) is 0 Å². The molecule has 12 nitrogen and oxygen atoms in total. The largest absolute Gasteiger partial charge is 0.493 e. The molecular weight excluding hydrogens is 588 g/mol. The number of fused-ring (bicyclic) bond motifs is 3. The zero-order valence-electron chi connectivity index (χ0n) is 26.7. The van der Waals surface area contributed by atoms with Gasteiger partial charge in [-0.1, -0.05) is 26.3 Å². The fourth-order valence-corrected chi connectivity index (χ4v) is 6.02. The van der Waals surface area contributed by atoms with E-state index in [4.69, 9.17) is 14.2 Å². The van der Waals surface area contributed by atoms with Crippen molar-refractivity contribution < 1.29 is 32.2 Å². The SMILES string of the molecule is CC[C@H](C)[C@@H](Nc1ccc2c(cc1=O)[C@H](NC(C)=O)CCc1cc(OC)c(OC)c(OC)c1-2)C(=O)NCCS(=O)(=O)N(C)C. The summed E-state index contributed by atoms with van der Waals surface area (Å²) in [4.78, 5) is 39.2. The van der Waals surface area contributed by atoms with Crippen LogP contribution in [0.25, 0.3) is 11.1 Å². The van der Waals surface area contributed by atoms with Crippen LogP contribution >= 0.6 is 0 Å². The number of nitrogens with zero attached hydrogens (tertiary/aromatic N) is 1. The predicted octanol–water partition coefficient (Wildman–Crippen LogP) is 2.70. The highest BCUT2D eigenvalue weighted by Gasteiger charge is 2.30. The molecule has 0 saturated carbocycles. The van der Waals surface area contributed by atoms with Crippen LogP contribution in [0.2, 0.25) is 0 Å². The molecule has 2 amide bonds. The lowest BCUT2D eigenvalue weighted by atomic mass is 9.95. The highest BCUT2D eigenvalue weighted by atomic mass is 32.2. The minimum atomic E-state index is -3.49. The third kappa shape index (κ3) is 7.62. The second kappa shape index (κ2) is 14.8. The van der Waals surface area contributed by atoms with Gasteiger partial charge in [0.1, 0.15) is 6.04 Å². The molecule has 0 aromatic heterocycles. The molecule has 0 spiro atoms. The van der Waals surface area contributed by atoms with Gasteiger partial charge in [-0.3, -0.25) is 14.4 Å². The number of rotatable bonds is 13. The standard InChI is InChI=1S/C31H44N4O8S/c1-9-18(2)28(31(38)32-14-15-44(39,40)35(4)5)34-24-13-11-21-22(17-25(24)37)23(33-19(3)36)12-10-20-16-26(41-6)29(42-7)30(43-8)27(20)21/h11,13,16-18,23,28H,9-10,12,14-15H2,1-8H3,(H,32,38)(H,33,36)(H,34,37)/t18-,23+,28+/m0/s1. The van der Waals surface area contributed by atoms with Gasteiger partial charge >= 0.3 is 0 Å². The molecule has 3 atom stereocenters. The molecule has 1 aliphatic rings. The van der Waals surface area contributed by atoms with E-state index < -0.39 is 28.0 Å². The van der Waals surface area contributed by atoms with E-state index in [0.29, 0.717) is 53.2 Å². The van der Waals surface area contributed by atoms with Gasteiger partial charge < -0.3 is 30.2 Å². The van der Waals surface area contributed by atoms with Gasteiger partial charge in [0, 0.05) is 33.1 Å². The maximum absolute atomic E-state index is 13.7. The number of benzene rings is 1. The second-order valence-electron chi connectivity index (χ2n) is 11.0. The summed E-state index contributed by atoms with van der Waals surface area (Å²) in [6.45, 7) is 5.16. The Morgan fingerprint density at radius 1 is 1.07 bits per heavy atom. The van der Waals surface area contributed by atoms with Gasteiger partial charge in [-0.2, -0.15) is 0 Å². The average molecular weight is 633 g/mol. The Hall–Kier alpha value is -3.84.